The average Bonchev–Trinajstić information content (AvgIpc) is 2.20. The minimum atomic E-state index is -2.92. The lowest BCUT2D eigenvalue weighted by Crippen LogP contribution is -2.41. The number of hydrogen-bond acceptors (Lipinski definition) is 2. The zero-order valence-corrected chi connectivity index (χ0v) is 8.73. The van der Waals surface area contributed by atoms with E-state index in [0.717, 1.165) is 14.0 Å². The van der Waals surface area contributed by atoms with E-state index in [1.54, 1.807) is 0 Å². The van der Waals surface area contributed by atoms with Crippen LogP contribution in [0.4, 0.5) is 17.6 Å². The first-order valence-corrected chi connectivity index (χ1v) is 4.41. The quantitative estimate of drug-likeness (QED) is 0.819. The molecular formula is C10H11F4NO. The summed E-state index contributed by atoms with van der Waals surface area (Å²) in [7, 11) is 1.16. The fourth-order valence-electron chi connectivity index (χ4n) is 1.24. The van der Waals surface area contributed by atoms with Gasteiger partial charge in [0.1, 0.15) is 11.3 Å². The first kappa shape index (κ1) is 12.8. The number of rotatable bonds is 3. The fourth-order valence-corrected chi connectivity index (χ4v) is 1.24. The Morgan fingerprint density at radius 1 is 1.25 bits per heavy atom. The van der Waals surface area contributed by atoms with Gasteiger partial charge < -0.3 is 10.5 Å². The molecule has 1 unspecified atom stereocenters. The molecule has 0 aliphatic heterocycles. The molecule has 2 N–H and O–H groups in total. The summed E-state index contributed by atoms with van der Waals surface area (Å²) in [5.41, 5.74) is 2.99. The Kier molecular flexibility index (Phi) is 3.42. The predicted molar refractivity (Wildman–Crippen MR) is 50.5 cm³/mol. The number of alkyl halides is 2. The molecule has 1 atom stereocenters. The van der Waals surface area contributed by atoms with Gasteiger partial charge in [-0.1, -0.05) is 0 Å². The summed E-state index contributed by atoms with van der Waals surface area (Å²) in [6, 6.07) is 1.32. The van der Waals surface area contributed by atoms with Crippen LogP contribution >= 0.6 is 0 Å². The van der Waals surface area contributed by atoms with Gasteiger partial charge in [0.15, 0.2) is 11.6 Å². The van der Waals surface area contributed by atoms with Crippen molar-refractivity contribution >= 4 is 0 Å². The van der Waals surface area contributed by atoms with Gasteiger partial charge in [0.25, 0.3) is 6.43 Å². The van der Waals surface area contributed by atoms with Gasteiger partial charge >= 0.3 is 0 Å². The molecule has 16 heavy (non-hydrogen) atoms. The highest BCUT2D eigenvalue weighted by atomic mass is 19.3. The molecule has 1 aromatic rings. The van der Waals surface area contributed by atoms with Gasteiger partial charge in [0.2, 0.25) is 0 Å². The summed E-state index contributed by atoms with van der Waals surface area (Å²) in [5.74, 6) is -2.62. The van der Waals surface area contributed by atoms with Crippen LogP contribution in [0.1, 0.15) is 12.5 Å². The summed E-state index contributed by atoms with van der Waals surface area (Å²) in [6.07, 6.45) is -2.92. The summed E-state index contributed by atoms with van der Waals surface area (Å²) in [6.45, 7) is 1.02. The molecular weight excluding hydrogens is 226 g/mol. The van der Waals surface area contributed by atoms with Crippen molar-refractivity contribution in [2.24, 2.45) is 5.73 Å². The van der Waals surface area contributed by atoms with Crippen LogP contribution in [0.5, 0.6) is 5.75 Å². The highest BCUT2D eigenvalue weighted by Gasteiger charge is 2.36. The normalized spacial score (nSPS) is 15.0. The summed E-state index contributed by atoms with van der Waals surface area (Å²) in [5, 5.41) is 0. The van der Waals surface area contributed by atoms with Crippen molar-refractivity contribution < 1.29 is 22.3 Å². The van der Waals surface area contributed by atoms with Crippen LogP contribution in [0.15, 0.2) is 12.1 Å². The lowest BCUT2D eigenvalue weighted by atomic mass is 9.92. The second-order valence-electron chi connectivity index (χ2n) is 3.55. The Bertz CT molecular complexity index is 393. The molecule has 0 aliphatic carbocycles. The monoisotopic (exact) mass is 237 g/mol. The highest BCUT2D eigenvalue weighted by Crippen LogP contribution is 2.34. The van der Waals surface area contributed by atoms with Gasteiger partial charge in [-0.3, -0.25) is 0 Å². The van der Waals surface area contributed by atoms with Crippen LogP contribution in [0.2, 0.25) is 0 Å². The summed E-state index contributed by atoms with van der Waals surface area (Å²) in [4.78, 5) is 0. The molecule has 0 saturated heterocycles. The molecule has 0 bridgehead atoms. The van der Waals surface area contributed by atoms with Crippen LogP contribution in [0.25, 0.3) is 0 Å². The number of nitrogens with two attached hydrogens (primary N) is 1. The average molecular weight is 237 g/mol. The van der Waals surface area contributed by atoms with Crippen molar-refractivity contribution in [2.45, 2.75) is 18.9 Å². The molecule has 1 aromatic carbocycles. The molecule has 2 nitrogen and oxygen atoms in total. The van der Waals surface area contributed by atoms with Crippen molar-refractivity contribution in [3.8, 4) is 5.75 Å². The maximum Gasteiger partial charge on any atom is 0.260 e. The first-order valence-electron chi connectivity index (χ1n) is 4.41. The summed E-state index contributed by atoms with van der Waals surface area (Å²) < 4.78 is 55.8. The van der Waals surface area contributed by atoms with E-state index in [-0.39, 0.29) is 11.3 Å². The third-order valence-corrected chi connectivity index (χ3v) is 2.28. The second kappa shape index (κ2) is 4.29. The number of benzene rings is 1. The Balaban J connectivity index is 3.37. The number of ether oxygens (including phenoxy) is 1. The molecule has 0 saturated carbocycles. The number of halogens is 4. The summed E-state index contributed by atoms with van der Waals surface area (Å²) >= 11 is 0. The van der Waals surface area contributed by atoms with Crippen LogP contribution in [-0.2, 0) is 5.54 Å². The van der Waals surface area contributed by atoms with Gasteiger partial charge in [0.05, 0.1) is 7.11 Å². The topological polar surface area (TPSA) is 35.2 Å². The SMILES string of the molecule is COc1cc(F)c(F)cc1C(C)(N)C(F)F. The van der Waals surface area contributed by atoms with Crippen LogP contribution in [-0.4, -0.2) is 13.5 Å². The third kappa shape index (κ3) is 2.11. The smallest absolute Gasteiger partial charge is 0.260 e. The minimum absolute atomic E-state index is 0.204. The maximum absolute atomic E-state index is 13.0. The molecule has 6 heteroatoms. The van der Waals surface area contributed by atoms with E-state index in [1.165, 1.54) is 0 Å². The standard InChI is InChI=1S/C10H11F4NO/c1-10(15,9(13)14)5-3-6(11)7(12)4-8(5)16-2/h3-4,9H,15H2,1-2H3. The Hall–Kier alpha value is -1.30. The molecule has 0 spiro atoms. The molecule has 0 aliphatic rings. The highest BCUT2D eigenvalue weighted by molar-refractivity contribution is 5.40. The van der Waals surface area contributed by atoms with E-state index in [1.807, 2.05) is 0 Å². The van der Waals surface area contributed by atoms with Gasteiger partial charge in [0, 0.05) is 11.6 Å². The van der Waals surface area contributed by atoms with Crippen LogP contribution < -0.4 is 10.5 Å². The van der Waals surface area contributed by atoms with E-state index in [0.29, 0.717) is 12.1 Å². The molecule has 1 rings (SSSR count). The van der Waals surface area contributed by atoms with E-state index in [9.17, 15) is 17.6 Å². The van der Waals surface area contributed by atoms with E-state index in [2.05, 4.69) is 0 Å². The van der Waals surface area contributed by atoms with Gasteiger partial charge in [-0.25, -0.2) is 17.6 Å². The lowest BCUT2D eigenvalue weighted by molar-refractivity contribution is 0.0608. The van der Waals surface area contributed by atoms with Crippen molar-refractivity contribution in [1.82, 2.24) is 0 Å². The Morgan fingerprint density at radius 3 is 2.19 bits per heavy atom. The molecule has 0 aromatic heterocycles. The largest absolute Gasteiger partial charge is 0.496 e. The molecule has 0 amide bonds. The lowest BCUT2D eigenvalue weighted by Gasteiger charge is -2.26. The van der Waals surface area contributed by atoms with Gasteiger partial charge in [-0.2, -0.15) is 0 Å². The molecule has 0 fully saturated rings. The zero-order chi connectivity index (χ0) is 12.5. The van der Waals surface area contributed by atoms with Crippen molar-refractivity contribution in [1.29, 1.82) is 0 Å². The zero-order valence-electron chi connectivity index (χ0n) is 8.73. The van der Waals surface area contributed by atoms with Crippen LogP contribution in [0, 0.1) is 11.6 Å². The van der Waals surface area contributed by atoms with Crippen molar-refractivity contribution in [2.75, 3.05) is 7.11 Å². The van der Waals surface area contributed by atoms with Gasteiger partial charge in [-0.05, 0) is 13.0 Å². The van der Waals surface area contributed by atoms with E-state index in [4.69, 9.17) is 10.5 Å². The number of hydrogen-bond donors (Lipinski definition) is 1. The maximum atomic E-state index is 13.0. The second-order valence-corrected chi connectivity index (χ2v) is 3.55. The molecule has 0 heterocycles. The van der Waals surface area contributed by atoms with Crippen LogP contribution in [0.3, 0.4) is 0 Å². The van der Waals surface area contributed by atoms with E-state index < -0.39 is 23.6 Å². The molecule has 0 radical (unpaired) electrons. The Labute approximate surface area is 90.0 Å². The van der Waals surface area contributed by atoms with Gasteiger partial charge in [-0.15, -0.1) is 0 Å². The Morgan fingerprint density at radius 2 is 1.75 bits per heavy atom. The van der Waals surface area contributed by atoms with Crippen molar-refractivity contribution in [3.05, 3.63) is 29.3 Å². The van der Waals surface area contributed by atoms with Crippen molar-refractivity contribution in [3.63, 3.8) is 0 Å². The van der Waals surface area contributed by atoms with E-state index >= 15 is 0 Å². The predicted octanol–water partition coefficient (Wildman–Crippen LogP) is 2.41. The minimum Gasteiger partial charge on any atom is -0.496 e. The first-order chi connectivity index (χ1) is 7.30. The number of methoxy groups -OCH3 is 1. The fraction of sp³-hybridized carbons (Fsp3) is 0.400. The molecule has 90 valence electrons. The third-order valence-electron chi connectivity index (χ3n) is 2.28.